The van der Waals surface area contributed by atoms with Gasteiger partial charge in [0.1, 0.15) is 0 Å². The van der Waals surface area contributed by atoms with E-state index in [4.69, 9.17) is 0 Å². The Hall–Kier alpha value is -6.74. The number of hydrogen-bond donors (Lipinski definition) is 0. The molecule has 0 radical (unpaired) electrons. The minimum absolute atomic E-state index is 0.426. The monoisotopic (exact) mass is 715 g/mol. The van der Waals surface area contributed by atoms with Gasteiger partial charge in [-0.15, -0.1) is 11.3 Å². The lowest BCUT2D eigenvalue weighted by atomic mass is 9.70. The van der Waals surface area contributed by atoms with Gasteiger partial charge in [-0.25, -0.2) is 0 Å². The quantitative estimate of drug-likeness (QED) is 0.175. The van der Waals surface area contributed by atoms with Gasteiger partial charge in [0.15, 0.2) is 0 Å². The van der Waals surface area contributed by atoms with Crippen molar-refractivity contribution in [1.29, 1.82) is 0 Å². The Morgan fingerprint density at radius 2 is 0.873 bits per heavy atom. The molecule has 0 aliphatic heterocycles. The number of anilines is 3. The largest absolute Gasteiger partial charge is 0.310 e. The van der Waals surface area contributed by atoms with E-state index in [1.807, 2.05) is 11.3 Å². The highest BCUT2D eigenvalue weighted by molar-refractivity contribution is 7.25. The second kappa shape index (κ2) is 11.6. The van der Waals surface area contributed by atoms with E-state index in [0.29, 0.717) is 0 Å². The molecule has 0 fully saturated rings. The molecule has 2 heteroatoms. The summed E-state index contributed by atoms with van der Waals surface area (Å²) in [6, 6.07) is 74.6. The van der Waals surface area contributed by atoms with Gasteiger partial charge in [-0.3, -0.25) is 0 Å². The van der Waals surface area contributed by atoms with Crippen molar-refractivity contribution in [3.63, 3.8) is 0 Å². The lowest BCUT2D eigenvalue weighted by molar-refractivity contribution is 0.793. The number of para-hydroxylation sites is 1. The van der Waals surface area contributed by atoms with Crippen LogP contribution in [0, 0.1) is 0 Å². The normalized spacial score (nSPS) is 13.2. The van der Waals surface area contributed by atoms with Crippen LogP contribution in [0.1, 0.15) is 22.3 Å². The summed E-state index contributed by atoms with van der Waals surface area (Å²) in [5, 5.41) is 5.08. The molecule has 0 N–H and O–H groups in total. The molecule has 9 aromatic carbocycles. The SMILES string of the molecule is c1ccc(N(c2ccc3c(c2)C2(c4ccccc4-c4ccccc42)c2ccccc2-3)c2ccc3ccccc3c2)c(-c2cccc3sc4ccccc4c23)c1. The van der Waals surface area contributed by atoms with E-state index in [1.165, 1.54) is 86.6 Å². The van der Waals surface area contributed by atoms with Crippen LogP contribution < -0.4 is 4.90 Å². The van der Waals surface area contributed by atoms with Gasteiger partial charge >= 0.3 is 0 Å². The number of rotatable bonds is 4. The summed E-state index contributed by atoms with van der Waals surface area (Å²) in [7, 11) is 0. The van der Waals surface area contributed by atoms with Crippen LogP contribution in [0.15, 0.2) is 200 Å². The van der Waals surface area contributed by atoms with Gasteiger partial charge in [0.05, 0.1) is 11.1 Å². The third-order valence-corrected chi connectivity index (χ3v) is 13.2. The zero-order valence-electron chi connectivity index (χ0n) is 29.9. The summed E-state index contributed by atoms with van der Waals surface area (Å²) < 4.78 is 2.62. The minimum Gasteiger partial charge on any atom is -0.310 e. The smallest absolute Gasteiger partial charge is 0.0726 e. The first-order valence-electron chi connectivity index (χ1n) is 19.0. The lowest BCUT2D eigenvalue weighted by Crippen LogP contribution is -2.26. The van der Waals surface area contributed by atoms with Crippen LogP contribution in [0.4, 0.5) is 17.1 Å². The van der Waals surface area contributed by atoms with Gasteiger partial charge in [0.2, 0.25) is 0 Å². The third-order valence-electron chi connectivity index (χ3n) is 12.1. The van der Waals surface area contributed by atoms with Gasteiger partial charge in [-0.05, 0) is 103 Å². The zero-order valence-corrected chi connectivity index (χ0v) is 30.7. The highest BCUT2D eigenvalue weighted by atomic mass is 32.1. The Labute approximate surface area is 324 Å². The van der Waals surface area contributed by atoms with E-state index in [2.05, 4.69) is 205 Å². The van der Waals surface area contributed by atoms with Gasteiger partial charge in [0.25, 0.3) is 0 Å². The molecule has 2 aliphatic carbocycles. The maximum atomic E-state index is 2.50. The number of nitrogens with zero attached hydrogens (tertiary/aromatic N) is 1. The third kappa shape index (κ3) is 4.23. The first-order chi connectivity index (χ1) is 27.3. The molecule has 1 heterocycles. The van der Waals surface area contributed by atoms with Crippen LogP contribution in [0.2, 0.25) is 0 Å². The molecule has 0 atom stereocenters. The highest BCUT2D eigenvalue weighted by Crippen LogP contribution is 2.63. The predicted octanol–water partition coefficient (Wildman–Crippen LogP) is 14.7. The zero-order chi connectivity index (χ0) is 36.1. The standard InChI is InChI=1S/C53H33NS/c1-2-15-35-32-36(29-28-34(35)14-1)54(49-25-11-6-19-42(49)43-21-13-27-51-52(43)44-20-7-12-26-50(44)55-51)37-30-31-41-40-18-5-10-24-47(40)53(48(41)33-37)45-22-8-3-16-38(45)39-17-4-9-23-46(39)53/h1-33H. The second-order valence-corrected chi connectivity index (χ2v) is 15.9. The molecule has 0 saturated heterocycles. The highest BCUT2D eigenvalue weighted by Gasteiger charge is 2.51. The topological polar surface area (TPSA) is 3.24 Å². The molecule has 12 rings (SSSR count). The van der Waals surface area contributed by atoms with E-state index >= 15 is 0 Å². The fraction of sp³-hybridized carbons (Fsp3) is 0.0189. The second-order valence-electron chi connectivity index (χ2n) is 14.8. The van der Waals surface area contributed by atoms with Crippen LogP contribution in [-0.4, -0.2) is 0 Å². The average molecular weight is 716 g/mol. The molecule has 1 aromatic heterocycles. The molecule has 1 nitrogen and oxygen atoms in total. The first kappa shape index (κ1) is 30.7. The number of fused-ring (bicyclic) bond motifs is 14. The molecule has 0 amide bonds. The molecule has 0 saturated carbocycles. The van der Waals surface area contributed by atoms with Gasteiger partial charge in [-0.2, -0.15) is 0 Å². The van der Waals surface area contributed by atoms with Crippen LogP contribution in [0.25, 0.3) is 64.3 Å². The van der Waals surface area contributed by atoms with Crippen molar-refractivity contribution in [3.8, 4) is 33.4 Å². The Bertz CT molecular complexity index is 3120. The molecular weight excluding hydrogens is 683 g/mol. The van der Waals surface area contributed by atoms with E-state index in [-0.39, 0.29) is 0 Å². The van der Waals surface area contributed by atoms with Crippen molar-refractivity contribution in [3.05, 3.63) is 222 Å². The average Bonchev–Trinajstić information content (AvgIpc) is 3.88. The van der Waals surface area contributed by atoms with Gasteiger partial charge in [0, 0.05) is 37.1 Å². The number of hydrogen-bond acceptors (Lipinski definition) is 2. The number of thiophene rings is 1. The van der Waals surface area contributed by atoms with Crippen molar-refractivity contribution in [1.82, 2.24) is 0 Å². The molecular formula is C53H33NS. The molecule has 256 valence electrons. The van der Waals surface area contributed by atoms with Gasteiger partial charge in [-0.1, -0.05) is 158 Å². The van der Waals surface area contributed by atoms with Crippen LogP contribution in [0.3, 0.4) is 0 Å². The summed E-state index contributed by atoms with van der Waals surface area (Å²) in [4.78, 5) is 2.50. The summed E-state index contributed by atoms with van der Waals surface area (Å²) in [6.07, 6.45) is 0. The minimum atomic E-state index is -0.426. The summed E-state index contributed by atoms with van der Waals surface area (Å²) in [5.74, 6) is 0. The molecule has 0 bridgehead atoms. The predicted molar refractivity (Wildman–Crippen MR) is 233 cm³/mol. The Morgan fingerprint density at radius 1 is 0.345 bits per heavy atom. The lowest BCUT2D eigenvalue weighted by Gasteiger charge is -2.33. The first-order valence-corrected chi connectivity index (χ1v) is 19.8. The molecule has 55 heavy (non-hydrogen) atoms. The summed E-state index contributed by atoms with van der Waals surface area (Å²) in [6.45, 7) is 0. The van der Waals surface area contributed by atoms with Crippen LogP contribution in [-0.2, 0) is 5.41 Å². The van der Waals surface area contributed by atoms with Crippen molar-refractivity contribution in [2.45, 2.75) is 5.41 Å². The fourth-order valence-corrected chi connectivity index (χ4v) is 11.0. The molecule has 10 aromatic rings. The van der Waals surface area contributed by atoms with Crippen molar-refractivity contribution in [2.24, 2.45) is 0 Å². The van der Waals surface area contributed by atoms with E-state index in [1.54, 1.807) is 0 Å². The van der Waals surface area contributed by atoms with Crippen LogP contribution >= 0.6 is 11.3 Å². The Kier molecular flexibility index (Phi) is 6.49. The van der Waals surface area contributed by atoms with E-state index in [9.17, 15) is 0 Å². The molecule has 0 unspecified atom stereocenters. The maximum absolute atomic E-state index is 2.50. The molecule has 2 aliphatic rings. The maximum Gasteiger partial charge on any atom is 0.0726 e. The summed E-state index contributed by atoms with van der Waals surface area (Å²) in [5.41, 5.74) is 16.1. The molecule has 1 spiro atoms. The fourth-order valence-electron chi connectivity index (χ4n) is 9.86. The van der Waals surface area contributed by atoms with Crippen molar-refractivity contribution in [2.75, 3.05) is 4.90 Å². The van der Waals surface area contributed by atoms with E-state index in [0.717, 1.165) is 17.1 Å². The van der Waals surface area contributed by atoms with Crippen molar-refractivity contribution < 1.29 is 0 Å². The Morgan fingerprint density at radius 3 is 1.62 bits per heavy atom. The Balaban J connectivity index is 1.16. The van der Waals surface area contributed by atoms with Crippen LogP contribution in [0.5, 0.6) is 0 Å². The van der Waals surface area contributed by atoms with Crippen molar-refractivity contribution >= 4 is 59.3 Å². The number of benzene rings is 9. The van der Waals surface area contributed by atoms with E-state index < -0.39 is 5.41 Å². The summed E-state index contributed by atoms with van der Waals surface area (Å²) >= 11 is 1.87. The van der Waals surface area contributed by atoms with Gasteiger partial charge < -0.3 is 4.90 Å².